The van der Waals surface area contributed by atoms with Gasteiger partial charge in [0.1, 0.15) is 21.8 Å². The summed E-state index contributed by atoms with van der Waals surface area (Å²) in [5.41, 5.74) is 8.79. The minimum Gasteiger partial charge on any atom is -0.495 e. The van der Waals surface area contributed by atoms with E-state index < -0.39 is 0 Å². The van der Waals surface area contributed by atoms with Gasteiger partial charge >= 0.3 is 0 Å². The van der Waals surface area contributed by atoms with Crippen LogP contribution in [0.1, 0.15) is 5.56 Å². The monoisotopic (exact) mass is 322 g/mol. The van der Waals surface area contributed by atoms with Crippen LogP contribution in [0.3, 0.4) is 0 Å². The van der Waals surface area contributed by atoms with Crippen LogP contribution in [-0.2, 0) is 0 Å². The fraction of sp³-hybridized carbons (Fsp3) is 0.214. The molecule has 100 valence electrons. The minimum atomic E-state index is 0.482. The van der Waals surface area contributed by atoms with Crippen LogP contribution in [0.15, 0.2) is 28.9 Å². The Kier molecular flexibility index (Phi) is 3.95. The number of benzene rings is 1. The van der Waals surface area contributed by atoms with Crippen molar-refractivity contribution in [2.75, 3.05) is 20.0 Å². The maximum atomic E-state index is 5.98. The Labute approximate surface area is 120 Å². The predicted molar refractivity (Wildman–Crippen MR) is 79.6 cm³/mol. The molecule has 0 aliphatic rings. The highest BCUT2D eigenvalue weighted by Crippen LogP contribution is 2.43. The van der Waals surface area contributed by atoms with Gasteiger partial charge in [0, 0.05) is 17.3 Å². The quantitative estimate of drug-likeness (QED) is 0.940. The zero-order valence-electron chi connectivity index (χ0n) is 11.0. The molecule has 0 atom stereocenters. The number of nitrogens with two attached hydrogens (primary N) is 1. The molecule has 0 bridgehead atoms. The van der Waals surface area contributed by atoms with Crippen molar-refractivity contribution < 1.29 is 9.47 Å². The maximum Gasteiger partial charge on any atom is 0.144 e. The van der Waals surface area contributed by atoms with E-state index in [1.54, 1.807) is 20.4 Å². The number of aromatic nitrogens is 1. The van der Waals surface area contributed by atoms with Gasteiger partial charge < -0.3 is 15.2 Å². The Morgan fingerprint density at radius 3 is 2.47 bits per heavy atom. The number of nitrogens with zero attached hydrogens (tertiary/aromatic N) is 1. The molecule has 0 aliphatic carbocycles. The molecule has 1 aromatic heterocycles. The van der Waals surface area contributed by atoms with Gasteiger partial charge in [0.25, 0.3) is 0 Å². The molecule has 0 amide bonds. The zero-order valence-corrected chi connectivity index (χ0v) is 12.6. The molecule has 4 nitrogen and oxygen atoms in total. The number of halogens is 1. The molecule has 2 N–H and O–H groups in total. The van der Waals surface area contributed by atoms with Crippen molar-refractivity contribution in [3.05, 3.63) is 34.4 Å². The molecule has 0 spiro atoms. The molecule has 0 unspecified atom stereocenters. The molecular formula is C14H15BrN2O2. The maximum absolute atomic E-state index is 5.98. The first kappa shape index (κ1) is 13.7. The van der Waals surface area contributed by atoms with Crippen molar-refractivity contribution in [3.63, 3.8) is 0 Å². The van der Waals surface area contributed by atoms with Gasteiger partial charge in [0.15, 0.2) is 0 Å². The highest BCUT2D eigenvalue weighted by Gasteiger charge is 2.17. The third-order valence-corrected chi connectivity index (χ3v) is 3.69. The van der Waals surface area contributed by atoms with Gasteiger partial charge in [-0.1, -0.05) is 0 Å². The van der Waals surface area contributed by atoms with Crippen LogP contribution in [0, 0.1) is 6.92 Å². The lowest BCUT2D eigenvalue weighted by Crippen LogP contribution is -1.99. The Bertz CT molecular complexity index is 594. The van der Waals surface area contributed by atoms with E-state index >= 15 is 0 Å². The number of anilines is 1. The first-order valence-electron chi connectivity index (χ1n) is 5.72. The van der Waals surface area contributed by atoms with Gasteiger partial charge in [-0.25, -0.2) is 4.98 Å². The third-order valence-electron chi connectivity index (χ3n) is 2.94. The van der Waals surface area contributed by atoms with E-state index in [0.29, 0.717) is 17.3 Å². The summed E-state index contributed by atoms with van der Waals surface area (Å²) in [6.07, 6.45) is 1.69. The Morgan fingerprint density at radius 2 is 1.89 bits per heavy atom. The summed E-state index contributed by atoms with van der Waals surface area (Å²) in [5, 5.41) is 0. The summed E-state index contributed by atoms with van der Waals surface area (Å²) in [7, 11) is 3.23. The summed E-state index contributed by atoms with van der Waals surface area (Å²) in [5.74, 6) is 1.87. The van der Waals surface area contributed by atoms with Crippen molar-refractivity contribution in [3.8, 4) is 22.6 Å². The summed E-state index contributed by atoms with van der Waals surface area (Å²) >= 11 is 3.49. The molecular weight excluding hydrogens is 308 g/mol. The third kappa shape index (κ3) is 2.38. The van der Waals surface area contributed by atoms with Crippen molar-refractivity contribution in [2.24, 2.45) is 0 Å². The first-order valence-corrected chi connectivity index (χ1v) is 6.51. The molecule has 0 saturated heterocycles. The van der Waals surface area contributed by atoms with Crippen LogP contribution in [0.4, 0.5) is 5.82 Å². The van der Waals surface area contributed by atoms with E-state index in [0.717, 1.165) is 21.2 Å². The number of hydrogen-bond acceptors (Lipinski definition) is 4. The van der Waals surface area contributed by atoms with Gasteiger partial charge in [-0.15, -0.1) is 0 Å². The second kappa shape index (κ2) is 5.48. The number of hydrogen-bond donors (Lipinski definition) is 1. The molecule has 1 aromatic carbocycles. The molecule has 19 heavy (non-hydrogen) atoms. The van der Waals surface area contributed by atoms with Crippen molar-refractivity contribution in [1.29, 1.82) is 0 Å². The number of ether oxygens (including phenoxy) is 2. The smallest absolute Gasteiger partial charge is 0.144 e. The fourth-order valence-electron chi connectivity index (χ4n) is 2.02. The summed E-state index contributed by atoms with van der Waals surface area (Å²) in [6.45, 7) is 1.99. The zero-order chi connectivity index (χ0) is 14.0. The van der Waals surface area contributed by atoms with Gasteiger partial charge in [0.05, 0.1) is 14.2 Å². The molecule has 0 saturated carbocycles. The highest BCUT2D eigenvalue weighted by molar-refractivity contribution is 9.10. The molecule has 1 heterocycles. The van der Waals surface area contributed by atoms with E-state index in [-0.39, 0.29) is 0 Å². The molecule has 5 heteroatoms. The lowest BCUT2D eigenvalue weighted by Gasteiger charge is -2.16. The van der Waals surface area contributed by atoms with Crippen LogP contribution in [-0.4, -0.2) is 19.2 Å². The summed E-state index contributed by atoms with van der Waals surface area (Å²) in [6, 6.07) is 5.71. The fourth-order valence-corrected chi connectivity index (χ4v) is 2.69. The predicted octanol–water partition coefficient (Wildman–Crippen LogP) is 3.42. The topological polar surface area (TPSA) is 57.4 Å². The van der Waals surface area contributed by atoms with E-state index in [1.165, 1.54) is 0 Å². The van der Waals surface area contributed by atoms with E-state index in [2.05, 4.69) is 20.9 Å². The number of pyridine rings is 1. The SMILES string of the molecule is COc1ccc(-c2c(C)ccnc2N)c(OC)c1Br. The number of nitrogen functional groups attached to an aromatic ring is 1. The molecule has 2 aromatic rings. The van der Waals surface area contributed by atoms with Gasteiger partial charge in [-0.05, 0) is 46.6 Å². The van der Waals surface area contributed by atoms with Crippen LogP contribution in [0.5, 0.6) is 11.5 Å². The first-order chi connectivity index (χ1) is 9.10. The number of aryl methyl sites for hydroxylation is 1. The van der Waals surface area contributed by atoms with Crippen LogP contribution < -0.4 is 15.2 Å². The highest BCUT2D eigenvalue weighted by atomic mass is 79.9. The lowest BCUT2D eigenvalue weighted by atomic mass is 10.0. The Balaban J connectivity index is 2.73. The number of rotatable bonds is 3. The standard InChI is InChI=1S/C14H15BrN2O2/c1-8-6-7-17-14(16)11(8)9-4-5-10(18-2)12(15)13(9)19-3/h4-7H,1-3H3,(H2,16,17). The van der Waals surface area contributed by atoms with Crippen molar-refractivity contribution in [1.82, 2.24) is 4.98 Å². The summed E-state index contributed by atoms with van der Waals surface area (Å²) in [4.78, 5) is 4.14. The van der Waals surface area contributed by atoms with Gasteiger partial charge in [-0.3, -0.25) is 0 Å². The normalized spacial score (nSPS) is 10.3. The minimum absolute atomic E-state index is 0.482. The largest absolute Gasteiger partial charge is 0.495 e. The van der Waals surface area contributed by atoms with Crippen molar-refractivity contribution >= 4 is 21.7 Å². The lowest BCUT2D eigenvalue weighted by molar-refractivity contribution is 0.390. The van der Waals surface area contributed by atoms with Crippen LogP contribution >= 0.6 is 15.9 Å². The summed E-state index contributed by atoms with van der Waals surface area (Å²) < 4.78 is 11.5. The van der Waals surface area contributed by atoms with Gasteiger partial charge in [0.2, 0.25) is 0 Å². The average Bonchev–Trinajstić information content (AvgIpc) is 2.39. The number of methoxy groups -OCH3 is 2. The molecule has 0 aliphatic heterocycles. The second-order valence-corrected chi connectivity index (χ2v) is 4.84. The molecule has 0 radical (unpaired) electrons. The molecule has 2 rings (SSSR count). The van der Waals surface area contributed by atoms with Crippen LogP contribution in [0.25, 0.3) is 11.1 Å². The second-order valence-electron chi connectivity index (χ2n) is 4.05. The van der Waals surface area contributed by atoms with Gasteiger partial charge in [-0.2, -0.15) is 0 Å². The van der Waals surface area contributed by atoms with Crippen molar-refractivity contribution in [2.45, 2.75) is 6.92 Å². The average molecular weight is 323 g/mol. The van der Waals surface area contributed by atoms with Crippen LogP contribution in [0.2, 0.25) is 0 Å². The Hall–Kier alpha value is -1.75. The van der Waals surface area contributed by atoms with E-state index in [4.69, 9.17) is 15.2 Å². The Morgan fingerprint density at radius 1 is 1.16 bits per heavy atom. The van der Waals surface area contributed by atoms with E-state index in [1.807, 2.05) is 25.1 Å². The molecule has 0 fully saturated rings. The van der Waals surface area contributed by atoms with E-state index in [9.17, 15) is 0 Å².